The van der Waals surface area contributed by atoms with E-state index in [1.165, 1.54) is 6.92 Å². The Kier molecular flexibility index (Phi) is 4.20. The second-order valence-corrected chi connectivity index (χ2v) is 5.92. The molecule has 1 unspecified atom stereocenters. The SMILES string of the molecule is Cc1ccc2c(c1)NC(=O)C(C)(C(=O)NCCc1ccccn1)O2. The number of fused-ring (bicyclic) bond motifs is 1. The topological polar surface area (TPSA) is 80.3 Å². The van der Waals surface area contributed by atoms with Crippen molar-refractivity contribution < 1.29 is 14.3 Å². The molecule has 0 bridgehead atoms. The Morgan fingerprint density at radius 1 is 1.33 bits per heavy atom. The molecule has 2 aromatic rings. The highest BCUT2D eigenvalue weighted by molar-refractivity contribution is 6.15. The van der Waals surface area contributed by atoms with Crippen LogP contribution < -0.4 is 15.4 Å². The second kappa shape index (κ2) is 6.31. The number of anilines is 1. The third-order valence-corrected chi connectivity index (χ3v) is 3.96. The van der Waals surface area contributed by atoms with Crippen LogP contribution in [0.4, 0.5) is 5.69 Å². The summed E-state index contributed by atoms with van der Waals surface area (Å²) >= 11 is 0. The zero-order valence-electron chi connectivity index (χ0n) is 13.6. The van der Waals surface area contributed by atoms with E-state index in [4.69, 9.17) is 4.74 Å². The molecule has 1 aromatic carbocycles. The first-order valence-electron chi connectivity index (χ1n) is 7.78. The van der Waals surface area contributed by atoms with Gasteiger partial charge in [-0.2, -0.15) is 0 Å². The molecule has 0 radical (unpaired) electrons. The minimum Gasteiger partial charge on any atom is -0.466 e. The van der Waals surface area contributed by atoms with Gasteiger partial charge in [-0.25, -0.2) is 0 Å². The number of aryl methyl sites for hydroxylation is 1. The van der Waals surface area contributed by atoms with Gasteiger partial charge in [0.1, 0.15) is 5.75 Å². The van der Waals surface area contributed by atoms with E-state index in [0.29, 0.717) is 24.4 Å². The normalized spacial score (nSPS) is 19.0. The zero-order chi connectivity index (χ0) is 17.2. The first-order chi connectivity index (χ1) is 11.5. The Bertz CT molecular complexity index is 776. The Labute approximate surface area is 140 Å². The summed E-state index contributed by atoms with van der Waals surface area (Å²) < 4.78 is 5.71. The maximum absolute atomic E-state index is 12.5. The summed E-state index contributed by atoms with van der Waals surface area (Å²) in [6, 6.07) is 11.0. The minimum atomic E-state index is -1.59. The van der Waals surface area contributed by atoms with Crippen molar-refractivity contribution in [3.8, 4) is 5.75 Å². The largest absolute Gasteiger partial charge is 0.466 e. The van der Waals surface area contributed by atoms with Crippen LogP contribution in [-0.4, -0.2) is 28.9 Å². The monoisotopic (exact) mass is 325 g/mol. The van der Waals surface area contributed by atoms with Gasteiger partial charge in [-0.3, -0.25) is 14.6 Å². The number of carbonyl (C=O) groups is 2. The van der Waals surface area contributed by atoms with Gasteiger partial charge in [-0.05, 0) is 43.7 Å². The van der Waals surface area contributed by atoms with Crippen molar-refractivity contribution in [2.45, 2.75) is 25.9 Å². The molecule has 1 aliphatic rings. The van der Waals surface area contributed by atoms with Crippen LogP contribution in [0.1, 0.15) is 18.2 Å². The number of hydrogen-bond donors (Lipinski definition) is 2. The van der Waals surface area contributed by atoms with Crippen molar-refractivity contribution in [2.75, 3.05) is 11.9 Å². The molecule has 0 saturated carbocycles. The number of pyridine rings is 1. The van der Waals surface area contributed by atoms with E-state index < -0.39 is 17.4 Å². The Morgan fingerprint density at radius 3 is 2.92 bits per heavy atom. The van der Waals surface area contributed by atoms with Gasteiger partial charge >= 0.3 is 0 Å². The highest BCUT2D eigenvalue weighted by atomic mass is 16.5. The summed E-state index contributed by atoms with van der Waals surface area (Å²) in [6.07, 6.45) is 2.29. The third-order valence-electron chi connectivity index (χ3n) is 3.96. The van der Waals surface area contributed by atoms with Crippen LogP contribution in [0.5, 0.6) is 5.75 Å². The molecule has 2 amide bonds. The van der Waals surface area contributed by atoms with Gasteiger partial charge in [-0.15, -0.1) is 0 Å². The lowest BCUT2D eigenvalue weighted by Crippen LogP contribution is -2.58. The molecule has 124 valence electrons. The molecule has 0 fully saturated rings. The zero-order valence-corrected chi connectivity index (χ0v) is 13.6. The molecular formula is C18H19N3O3. The van der Waals surface area contributed by atoms with E-state index in [1.807, 2.05) is 37.3 Å². The molecule has 6 heteroatoms. The Balaban J connectivity index is 1.67. The van der Waals surface area contributed by atoms with E-state index in [0.717, 1.165) is 11.3 Å². The van der Waals surface area contributed by atoms with Gasteiger partial charge in [-0.1, -0.05) is 12.1 Å². The van der Waals surface area contributed by atoms with Crippen molar-refractivity contribution in [3.05, 3.63) is 53.9 Å². The molecule has 2 N–H and O–H groups in total. The standard InChI is InChI=1S/C18H19N3O3/c1-12-6-7-15-14(11-12)21-17(23)18(2,24-15)16(22)20-10-8-13-5-3-4-9-19-13/h3-7,9,11H,8,10H2,1-2H3,(H,20,22)(H,21,23). The average molecular weight is 325 g/mol. The number of amides is 2. The van der Waals surface area contributed by atoms with Gasteiger partial charge in [0, 0.05) is 24.9 Å². The van der Waals surface area contributed by atoms with Gasteiger partial charge in [0.15, 0.2) is 0 Å². The second-order valence-electron chi connectivity index (χ2n) is 5.92. The van der Waals surface area contributed by atoms with E-state index in [-0.39, 0.29) is 0 Å². The maximum Gasteiger partial charge on any atom is 0.278 e. The van der Waals surface area contributed by atoms with Crippen molar-refractivity contribution in [1.29, 1.82) is 0 Å². The lowest BCUT2D eigenvalue weighted by molar-refractivity contribution is -0.146. The van der Waals surface area contributed by atoms with Crippen molar-refractivity contribution >= 4 is 17.5 Å². The quantitative estimate of drug-likeness (QED) is 0.841. The van der Waals surface area contributed by atoms with Gasteiger partial charge in [0.05, 0.1) is 5.69 Å². The molecule has 1 aliphatic heterocycles. The number of aromatic nitrogens is 1. The first kappa shape index (κ1) is 16.0. The molecule has 24 heavy (non-hydrogen) atoms. The van der Waals surface area contributed by atoms with Crippen LogP contribution in [-0.2, 0) is 16.0 Å². The van der Waals surface area contributed by atoms with Gasteiger partial charge in [0.2, 0.25) is 0 Å². The lowest BCUT2D eigenvalue weighted by Gasteiger charge is -2.33. The highest BCUT2D eigenvalue weighted by Crippen LogP contribution is 2.34. The fourth-order valence-electron chi connectivity index (χ4n) is 2.51. The minimum absolute atomic E-state index is 0.378. The van der Waals surface area contributed by atoms with E-state index >= 15 is 0 Å². The fourth-order valence-corrected chi connectivity index (χ4v) is 2.51. The highest BCUT2D eigenvalue weighted by Gasteiger charge is 2.47. The van der Waals surface area contributed by atoms with Gasteiger partial charge in [0.25, 0.3) is 17.4 Å². The van der Waals surface area contributed by atoms with Crippen molar-refractivity contribution in [1.82, 2.24) is 10.3 Å². The number of benzene rings is 1. The van der Waals surface area contributed by atoms with Crippen LogP contribution in [0.2, 0.25) is 0 Å². The fraction of sp³-hybridized carbons (Fsp3) is 0.278. The summed E-state index contributed by atoms with van der Waals surface area (Å²) in [5.74, 6) is -0.458. The molecule has 3 rings (SSSR count). The first-order valence-corrected chi connectivity index (χ1v) is 7.78. The third kappa shape index (κ3) is 3.08. The number of hydrogen-bond acceptors (Lipinski definition) is 4. The molecule has 0 aliphatic carbocycles. The molecular weight excluding hydrogens is 306 g/mol. The van der Waals surface area contributed by atoms with Crippen LogP contribution in [0.25, 0.3) is 0 Å². The summed E-state index contributed by atoms with van der Waals surface area (Å²) in [6.45, 7) is 3.77. The summed E-state index contributed by atoms with van der Waals surface area (Å²) in [5.41, 5.74) is 0.865. The molecule has 1 aromatic heterocycles. The number of nitrogens with zero attached hydrogens (tertiary/aromatic N) is 1. The van der Waals surface area contributed by atoms with Gasteiger partial charge < -0.3 is 15.4 Å². The average Bonchev–Trinajstić information content (AvgIpc) is 2.57. The van der Waals surface area contributed by atoms with E-state index in [2.05, 4.69) is 15.6 Å². The summed E-state index contributed by atoms with van der Waals surface area (Å²) in [7, 11) is 0. The summed E-state index contributed by atoms with van der Waals surface area (Å²) in [5, 5.41) is 5.49. The predicted molar refractivity (Wildman–Crippen MR) is 89.8 cm³/mol. The predicted octanol–water partition coefficient (Wildman–Crippen LogP) is 1.84. The number of ether oxygens (including phenoxy) is 1. The molecule has 0 spiro atoms. The summed E-state index contributed by atoms with van der Waals surface area (Å²) in [4.78, 5) is 29.0. The number of carbonyl (C=O) groups excluding carboxylic acids is 2. The maximum atomic E-state index is 12.5. The van der Waals surface area contributed by atoms with Crippen molar-refractivity contribution in [3.63, 3.8) is 0 Å². The number of nitrogens with one attached hydrogen (secondary N) is 2. The molecule has 1 atom stereocenters. The number of rotatable bonds is 4. The molecule has 2 heterocycles. The van der Waals surface area contributed by atoms with Crippen LogP contribution in [0.3, 0.4) is 0 Å². The van der Waals surface area contributed by atoms with E-state index in [1.54, 1.807) is 12.3 Å². The smallest absolute Gasteiger partial charge is 0.278 e. The Hall–Kier alpha value is -2.89. The lowest BCUT2D eigenvalue weighted by atomic mass is 10.0. The van der Waals surface area contributed by atoms with Crippen LogP contribution in [0.15, 0.2) is 42.6 Å². The molecule has 0 saturated heterocycles. The van der Waals surface area contributed by atoms with Crippen LogP contribution >= 0.6 is 0 Å². The van der Waals surface area contributed by atoms with Crippen LogP contribution in [0, 0.1) is 6.92 Å². The molecule has 6 nitrogen and oxygen atoms in total. The Morgan fingerprint density at radius 2 is 2.17 bits per heavy atom. The van der Waals surface area contributed by atoms with E-state index in [9.17, 15) is 9.59 Å². The van der Waals surface area contributed by atoms with Crippen molar-refractivity contribution in [2.24, 2.45) is 0 Å².